The summed E-state index contributed by atoms with van der Waals surface area (Å²) in [6.45, 7) is -0.499. The van der Waals surface area contributed by atoms with Gasteiger partial charge in [-0.15, -0.1) is 0 Å². The number of hydrogen-bond donors (Lipinski definition) is 1. The molecular formula is C2H5O3Sb. The molecule has 0 aliphatic carbocycles. The van der Waals surface area contributed by atoms with E-state index >= 15 is 0 Å². The molecule has 0 heterocycles. The Morgan fingerprint density at radius 3 is 2.50 bits per heavy atom. The van der Waals surface area contributed by atoms with E-state index in [0.29, 0.717) is 23.4 Å². The van der Waals surface area contributed by atoms with Crippen molar-refractivity contribution in [2.24, 2.45) is 0 Å². The van der Waals surface area contributed by atoms with Gasteiger partial charge in [-0.2, -0.15) is 0 Å². The van der Waals surface area contributed by atoms with Crippen LogP contribution in [0.3, 0.4) is 0 Å². The standard InChI is InChI=1S/C2H4O3.Sb.2H/c3-1-2(4)5;;;/h3H,1H2,(H,4,5);;;/q;+1;;/p-1. The molecule has 0 aromatic carbocycles. The van der Waals surface area contributed by atoms with Gasteiger partial charge in [0.15, 0.2) is 0 Å². The summed E-state index contributed by atoms with van der Waals surface area (Å²) in [4.78, 5) is 9.74. The summed E-state index contributed by atoms with van der Waals surface area (Å²) in [5, 5.41) is 7.88. The third kappa shape index (κ3) is 2.48. The Bertz CT molecular complexity index is 46.8. The Hall–Kier alpha value is 0.248. The molecule has 0 radical (unpaired) electrons. The van der Waals surface area contributed by atoms with Gasteiger partial charge in [-0.25, -0.2) is 0 Å². The van der Waals surface area contributed by atoms with E-state index in [9.17, 15) is 4.79 Å². The summed E-state index contributed by atoms with van der Waals surface area (Å²) in [6, 6.07) is 0. The van der Waals surface area contributed by atoms with Crippen LogP contribution in [0.25, 0.3) is 0 Å². The summed E-state index contributed by atoms with van der Waals surface area (Å²) in [5.41, 5.74) is 0. The molecule has 0 aromatic rings. The van der Waals surface area contributed by atoms with Gasteiger partial charge in [-0.05, 0) is 0 Å². The van der Waals surface area contributed by atoms with Crippen molar-refractivity contribution in [3.63, 3.8) is 0 Å². The van der Waals surface area contributed by atoms with Gasteiger partial charge in [-0.1, -0.05) is 0 Å². The van der Waals surface area contributed by atoms with Crippen molar-refractivity contribution in [2.45, 2.75) is 0 Å². The van der Waals surface area contributed by atoms with E-state index in [2.05, 4.69) is 3.02 Å². The van der Waals surface area contributed by atoms with Crippen molar-refractivity contribution in [1.29, 1.82) is 0 Å². The predicted octanol–water partition coefficient (Wildman–Crippen LogP) is -1.93. The monoisotopic (exact) mass is 198 g/mol. The van der Waals surface area contributed by atoms with Crippen molar-refractivity contribution >= 4 is 29.4 Å². The summed E-state index contributed by atoms with van der Waals surface area (Å²) in [5.74, 6) is -0.544. The second-order valence-electron chi connectivity index (χ2n) is 0.648. The molecule has 1 N–H and O–H groups in total. The number of rotatable bonds is 1. The Labute approximate surface area is 49.3 Å². The molecule has 36 valence electrons. The Kier molecular flexibility index (Phi) is 3.58. The molecule has 3 nitrogen and oxygen atoms in total. The van der Waals surface area contributed by atoms with Crippen LogP contribution in [0.15, 0.2) is 0 Å². The fourth-order valence-corrected chi connectivity index (χ4v) is 0.250. The molecule has 0 amide bonds. The van der Waals surface area contributed by atoms with E-state index in [-0.39, 0.29) is 0 Å². The average Bonchev–Trinajstić information content (AvgIpc) is 1.65. The third-order valence-electron chi connectivity index (χ3n) is 0.261. The van der Waals surface area contributed by atoms with E-state index < -0.39 is 12.6 Å². The molecule has 0 fully saturated rings. The van der Waals surface area contributed by atoms with Gasteiger partial charge in [0.25, 0.3) is 0 Å². The molecular weight excluding hydrogens is 194 g/mol. The molecule has 0 aromatic heterocycles. The van der Waals surface area contributed by atoms with Gasteiger partial charge in [0.05, 0.1) is 0 Å². The van der Waals surface area contributed by atoms with Crippen LogP contribution < -0.4 is 0 Å². The van der Waals surface area contributed by atoms with Crippen molar-refractivity contribution < 1.29 is 12.9 Å². The molecule has 0 aliphatic heterocycles. The summed E-state index contributed by atoms with van der Waals surface area (Å²) in [6.07, 6.45) is 0. The van der Waals surface area contributed by atoms with Crippen LogP contribution in [0.2, 0.25) is 0 Å². The van der Waals surface area contributed by atoms with Crippen LogP contribution >= 0.6 is 0 Å². The molecule has 0 atom stereocenters. The maximum atomic E-state index is 9.74. The van der Waals surface area contributed by atoms with Crippen molar-refractivity contribution in [3.8, 4) is 0 Å². The molecule has 0 saturated heterocycles. The first-order chi connectivity index (χ1) is 2.81. The minimum atomic E-state index is -0.544. The van der Waals surface area contributed by atoms with Gasteiger partial charge in [0.2, 0.25) is 0 Å². The van der Waals surface area contributed by atoms with Crippen LogP contribution in [0.1, 0.15) is 0 Å². The van der Waals surface area contributed by atoms with E-state index in [1.165, 1.54) is 0 Å². The van der Waals surface area contributed by atoms with Crippen molar-refractivity contribution in [3.05, 3.63) is 0 Å². The first-order valence-corrected chi connectivity index (χ1v) is 2.66. The summed E-state index contributed by atoms with van der Waals surface area (Å²) < 4.78 is 4.14. The van der Waals surface area contributed by atoms with E-state index in [1.54, 1.807) is 0 Å². The van der Waals surface area contributed by atoms with Crippen LogP contribution in [0, 0.1) is 0 Å². The Balaban J connectivity index is 2.99. The number of aliphatic hydroxyl groups excluding tert-OH is 1. The van der Waals surface area contributed by atoms with Crippen LogP contribution in [-0.4, -0.2) is 41.1 Å². The van der Waals surface area contributed by atoms with Gasteiger partial charge in [0, 0.05) is 0 Å². The summed E-state index contributed by atoms with van der Waals surface area (Å²) in [7, 11) is 0. The van der Waals surface area contributed by atoms with Crippen molar-refractivity contribution in [1.82, 2.24) is 0 Å². The molecule has 0 spiro atoms. The second-order valence-corrected chi connectivity index (χ2v) is 1.32. The van der Waals surface area contributed by atoms with Crippen LogP contribution in [0.4, 0.5) is 0 Å². The van der Waals surface area contributed by atoms with Crippen LogP contribution in [-0.2, 0) is 7.81 Å². The predicted molar refractivity (Wildman–Crippen MR) is 21.7 cm³/mol. The van der Waals surface area contributed by atoms with Gasteiger partial charge in [0.1, 0.15) is 0 Å². The average molecular weight is 199 g/mol. The zero-order valence-electron chi connectivity index (χ0n) is 3.05. The molecule has 0 aliphatic rings. The third-order valence-corrected chi connectivity index (χ3v) is 1.01. The van der Waals surface area contributed by atoms with Crippen molar-refractivity contribution in [2.75, 3.05) is 6.61 Å². The minimum absolute atomic E-state index is 0.427. The fourth-order valence-electron chi connectivity index (χ4n) is 0.0373. The first kappa shape index (κ1) is 6.25. The van der Waals surface area contributed by atoms with Gasteiger partial charge in [-0.3, -0.25) is 0 Å². The molecule has 6 heavy (non-hydrogen) atoms. The molecule has 4 heteroatoms. The molecule has 0 unspecified atom stereocenters. The van der Waals surface area contributed by atoms with E-state index in [0.717, 1.165) is 0 Å². The quantitative estimate of drug-likeness (QED) is 0.500. The van der Waals surface area contributed by atoms with E-state index in [4.69, 9.17) is 5.11 Å². The topological polar surface area (TPSA) is 46.5 Å². The number of carbonyl (C=O) groups excluding carboxylic acids is 1. The number of hydrogen-bond acceptors (Lipinski definition) is 3. The number of aliphatic hydroxyl groups is 1. The first-order valence-electron chi connectivity index (χ1n) is 1.31. The van der Waals surface area contributed by atoms with Gasteiger partial charge < -0.3 is 0 Å². The fraction of sp³-hybridized carbons (Fsp3) is 0.500. The second kappa shape index (κ2) is 3.44. The maximum absolute atomic E-state index is 9.74. The SMILES string of the molecule is O=C(CO)[O][SbH2]. The normalized spacial score (nSPS) is 7.67. The zero-order chi connectivity index (χ0) is 4.99. The molecule has 0 rings (SSSR count). The molecule has 0 saturated carbocycles. The number of carbonyl (C=O) groups is 1. The van der Waals surface area contributed by atoms with E-state index in [1.807, 2.05) is 0 Å². The Morgan fingerprint density at radius 2 is 2.50 bits per heavy atom. The summed E-state index contributed by atoms with van der Waals surface area (Å²) >= 11 is 0.427. The van der Waals surface area contributed by atoms with Gasteiger partial charge >= 0.3 is 48.9 Å². The van der Waals surface area contributed by atoms with Crippen LogP contribution in [0.5, 0.6) is 0 Å². The molecule has 0 bridgehead atoms. The Morgan fingerprint density at radius 1 is 2.00 bits per heavy atom. The zero-order valence-corrected chi connectivity index (χ0v) is 6.34.